The third-order valence-electron chi connectivity index (χ3n) is 3.17. The Morgan fingerprint density at radius 1 is 1.04 bits per heavy atom. The summed E-state index contributed by atoms with van der Waals surface area (Å²) in [5.74, 6) is -0.628. The van der Waals surface area contributed by atoms with Crippen molar-refractivity contribution in [3.63, 3.8) is 0 Å². The van der Waals surface area contributed by atoms with Crippen LogP contribution in [-0.4, -0.2) is 45.1 Å². The third-order valence-corrected chi connectivity index (χ3v) is 4.87. The van der Waals surface area contributed by atoms with Crippen molar-refractivity contribution in [1.82, 2.24) is 0 Å². The van der Waals surface area contributed by atoms with Gasteiger partial charge in [-0.05, 0) is 23.6 Å². The summed E-state index contributed by atoms with van der Waals surface area (Å²) in [7, 11) is -6.70. The Morgan fingerprint density at radius 3 is 2.12 bits per heavy atom. The van der Waals surface area contributed by atoms with E-state index in [1.165, 1.54) is 14.1 Å². The van der Waals surface area contributed by atoms with Crippen molar-refractivity contribution < 1.29 is 31.0 Å². The highest BCUT2D eigenvalue weighted by Crippen LogP contribution is 2.44. The molecule has 0 aliphatic carbocycles. The number of phenols is 1. The molecule has 0 bridgehead atoms. The number of anilines is 1. The summed E-state index contributed by atoms with van der Waals surface area (Å²) >= 11 is 0. The number of phenolic OH excluding ortho intramolecular Hbond substituents is 1. The molecule has 0 heterocycles. The minimum Gasteiger partial charge on any atom is -0.505 e. The molecule has 0 atom stereocenters. The Balaban J connectivity index is 3.10. The maximum atomic E-state index is 11.5. The van der Waals surface area contributed by atoms with Crippen molar-refractivity contribution in [2.75, 3.05) is 19.4 Å². The van der Waals surface area contributed by atoms with Gasteiger partial charge in [0.25, 0.3) is 20.2 Å². The van der Waals surface area contributed by atoms with E-state index in [1.807, 2.05) is 0 Å². The molecule has 0 radical (unpaired) electrons. The molecule has 0 saturated carbocycles. The number of rotatable bonds is 4. The highest BCUT2D eigenvalue weighted by Gasteiger charge is 2.24. The molecular formula is C12H13N3O7S2. The van der Waals surface area contributed by atoms with E-state index in [0.717, 1.165) is 18.2 Å². The number of hydrogen-bond donors (Lipinski definition) is 4. The minimum atomic E-state index is -4.78. The monoisotopic (exact) mass is 375 g/mol. The van der Waals surface area contributed by atoms with Crippen LogP contribution in [-0.2, 0) is 20.2 Å². The normalized spacial score (nSPS) is 12.8. The number of benzene rings is 2. The van der Waals surface area contributed by atoms with E-state index >= 15 is 0 Å². The lowest BCUT2D eigenvalue weighted by Crippen LogP contribution is -2.03. The van der Waals surface area contributed by atoms with E-state index in [2.05, 4.69) is 15.5 Å². The van der Waals surface area contributed by atoms with Gasteiger partial charge in [-0.2, -0.15) is 27.1 Å². The molecule has 130 valence electrons. The van der Waals surface area contributed by atoms with E-state index < -0.39 is 41.5 Å². The molecular weight excluding hydrogens is 362 g/mol. The Labute approximate surface area is 137 Å². The van der Waals surface area contributed by atoms with Crippen molar-refractivity contribution >= 4 is 42.4 Å². The smallest absolute Gasteiger partial charge is 0.296 e. The molecule has 0 spiro atoms. The molecule has 2 aromatic carbocycles. The average molecular weight is 375 g/mol. The summed E-state index contributed by atoms with van der Waals surface area (Å²) in [5.41, 5.74) is -0.407. The van der Waals surface area contributed by atoms with Gasteiger partial charge in [-0.15, -0.1) is 0 Å². The number of hydrogen-bond acceptors (Lipinski definition) is 8. The van der Waals surface area contributed by atoms with Crippen LogP contribution in [0, 0.1) is 0 Å². The fourth-order valence-corrected chi connectivity index (χ4v) is 3.40. The number of nitrogens with zero attached hydrogens (tertiary/aromatic N) is 2. The van der Waals surface area contributed by atoms with Crippen molar-refractivity contribution in [3.05, 3.63) is 18.2 Å². The molecule has 0 unspecified atom stereocenters. The molecule has 0 aromatic heterocycles. The van der Waals surface area contributed by atoms with Gasteiger partial charge in [0.2, 0.25) is 0 Å². The quantitative estimate of drug-likeness (QED) is 0.463. The topological polar surface area (TPSA) is 166 Å². The minimum absolute atomic E-state index is 0.0414. The van der Waals surface area contributed by atoms with E-state index in [1.54, 1.807) is 0 Å². The van der Waals surface area contributed by atoms with Crippen molar-refractivity contribution in [2.45, 2.75) is 9.79 Å². The second-order valence-electron chi connectivity index (χ2n) is 4.64. The van der Waals surface area contributed by atoms with E-state index in [9.17, 15) is 31.0 Å². The van der Waals surface area contributed by atoms with E-state index in [-0.39, 0.29) is 16.5 Å². The maximum absolute atomic E-state index is 11.5. The predicted molar refractivity (Wildman–Crippen MR) is 85.2 cm³/mol. The number of fused-ring (bicyclic) bond motifs is 1. The van der Waals surface area contributed by atoms with Gasteiger partial charge in [-0.1, -0.05) is 0 Å². The van der Waals surface area contributed by atoms with Gasteiger partial charge >= 0.3 is 0 Å². The lowest BCUT2D eigenvalue weighted by molar-refractivity contribution is 0.472. The second kappa shape index (κ2) is 5.98. The van der Waals surface area contributed by atoms with Crippen LogP contribution in [0.3, 0.4) is 0 Å². The zero-order valence-electron chi connectivity index (χ0n) is 12.4. The Morgan fingerprint density at radius 2 is 1.67 bits per heavy atom. The summed E-state index contributed by atoms with van der Waals surface area (Å²) in [6.45, 7) is 0. The zero-order chi connectivity index (χ0) is 18.3. The molecule has 0 fully saturated rings. The van der Waals surface area contributed by atoms with Gasteiger partial charge in [-0.25, -0.2) is 0 Å². The fourth-order valence-electron chi connectivity index (χ4n) is 2.20. The van der Waals surface area contributed by atoms with Crippen LogP contribution in [0.5, 0.6) is 5.75 Å². The highest BCUT2D eigenvalue weighted by molar-refractivity contribution is 7.86. The zero-order valence-corrected chi connectivity index (χ0v) is 14.1. The Hall–Kier alpha value is -2.28. The van der Waals surface area contributed by atoms with Crippen molar-refractivity contribution in [2.24, 2.45) is 10.2 Å². The van der Waals surface area contributed by atoms with Gasteiger partial charge < -0.3 is 10.4 Å². The number of aromatic hydroxyl groups is 1. The van der Waals surface area contributed by atoms with Gasteiger partial charge in [0.1, 0.15) is 10.6 Å². The number of nitrogens with one attached hydrogen (secondary N) is 1. The van der Waals surface area contributed by atoms with E-state index in [4.69, 9.17) is 0 Å². The molecule has 0 amide bonds. The highest BCUT2D eigenvalue weighted by atomic mass is 32.2. The fraction of sp³-hybridized carbons (Fsp3) is 0.167. The Bertz CT molecular complexity index is 1060. The molecule has 4 N–H and O–H groups in total. The first-order valence-corrected chi connectivity index (χ1v) is 9.15. The van der Waals surface area contributed by atoms with Crippen LogP contribution in [0.25, 0.3) is 10.8 Å². The van der Waals surface area contributed by atoms with Crippen molar-refractivity contribution in [3.8, 4) is 5.75 Å². The first-order chi connectivity index (χ1) is 11.0. The molecule has 2 aromatic rings. The maximum Gasteiger partial charge on any atom is 0.296 e. The lowest BCUT2D eigenvalue weighted by Gasteiger charge is -2.13. The summed E-state index contributed by atoms with van der Waals surface area (Å²) in [4.78, 5) is -1.28. The summed E-state index contributed by atoms with van der Waals surface area (Å²) in [6.07, 6.45) is 0. The lowest BCUT2D eigenvalue weighted by atomic mass is 10.1. The van der Waals surface area contributed by atoms with Gasteiger partial charge in [0, 0.05) is 25.2 Å². The van der Waals surface area contributed by atoms with Crippen molar-refractivity contribution in [1.29, 1.82) is 0 Å². The molecule has 2 rings (SSSR count). The number of azo groups is 1. The molecule has 0 aliphatic heterocycles. The van der Waals surface area contributed by atoms with Gasteiger partial charge in [-0.3, -0.25) is 9.11 Å². The molecule has 0 saturated heterocycles. The predicted octanol–water partition coefficient (Wildman–Crippen LogP) is 1.79. The standard InChI is InChI=1S/C12H13N3O7S2/c1-13-8-5-7(23(17,18)19)3-6-4-9(24(20,21)22)11(15-14-2)12(16)10(6)8/h3-5,13,16H,1-2H3,(H,17,18,19)(H,20,21,22). The molecule has 24 heavy (non-hydrogen) atoms. The van der Waals surface area contributed by atoms with Crippen LogP contribution in [0.2, 0.25) is 0 Å². The van der Waals surface area contributed by atoms with Crippen LogP contribution in [0.15, 0.2) is 38.2 Å². The van der Waals surface area contributed by atoms with Gasteiger partial charge in [0.05, 0.1) is 4.90 Å². The third kappa shape index (κ3) is 3.17. The van der Waals surface area contributed by atoms with Crippen LogP contribution in [0.4, 0.5) is 11.4 Å². The first kappa shape index (κ1) is 18.1. The SMILES string of the molecule is CN=Nc1c(S(=O)(=O)O)cc2cc(S(=O)(=O)O)cc(NC)c2c1O. The summed E-state index contributed by atoms with van der Waals surface area (Å²) in [5, 5.41) is 19.9. The van der Waals surface area contributed by atoms with E-state index in [0.29, 0.717) is 0 Å². The molecule has 0 aliphatic rings. The van der Waals surface area contributed by atoms with Crippen LogP contribution < -0.4 is 5.32 Å². The molecule has 12 heteroatoms. The van der Waals surface area contributed by atoms with Crippen LogP contribution >= 0.6 is 0 Å². The molecule has 10 nitrogen and oxygen atoms in total. The average Bonchev–Trinajstić information content (AvgIpc) is 2.46. The van der Waals surface area contributed by atoms with Gasteiger partial charge in [0.15, 0.2) is 5.75 Å². The second-order valence-corrected chi connectivity index (χ2v) is 7.45. The Kier molecular flexibility index (Phi) is 4.50. The largest absolute Gasteiger partial charge is 0.505 e. The summed E-state index contributed by atoms with van der Waals surface area (Å²) < 4.78 is 64.2. The van der Waals surface area contributed by atoms with Crippen LogP contribution in [0.1, 0.15) is 0 Å². The summed E-state index contributed by atoms with van der Waals surface area (Å²) in [6, 6.07) is 2.92. The first-order valence-electron chi connectivity index (χ1n) is 6.27.